The quantitative estimate of drug-likeness (QED) is 0.584. The molecule has 1 N–H and O–H groups in total. The number of esters is 1. The lowest BCUT2D eigenvalue weighted by molar-refractivity contribution is -0.325. The highest BCUT2D eigenvalue weighted by Gasteiger charge is 3.01. The molecular formula is C21H24O4. The molecule has 1 heterocycles. The summed E-state index contributed by atoms with van der Waals surface area (Å²) < 4.78 is 11.8. The van der Waals surface area contributed by atoms with E-state index in [2.05, 4.69) is 12.2 Å². The van der Waals surface area contributed by atoms with Crippen molar-refractivity contribution < 1.29 is 19.4 Å². The third-order valence-electron chi connectivity index (χ3n) is 10.9. The van der Waals surface area contributed by atoms with E-state index in [0.717, 1.165) is 12.8 Å². The molecule has 0 aromatic carbocycles. The molecule has 1 spiro atoms. The summed E-state index contributed by atoms with van der Waals surface area (Å²) in [5, 5.41) is 11.4. The van der Waals surface area contributed by atoms with Crippen LogP contribution in [0.15, 0.2) is 12.2 Å². The van der Waals surface area contributed by atoms with E-state index >= 15 is 0 Å². The summed E-state index contributed by atoms with van der Waals surface area (Å²) in [5.41, 5.74) is -0.794. The fourth-order valence-corrected chi connectivity index (χ4v) is 11.6. The Morgan fingerprint density at radius 1 is 1.12 bits per heavy atom. The zero-order chi connectivity index (χ0) is 16.5. The van der Waals surface area contributed by atoms with Gasteiger partial charge < -0.3 is 14.6 Å². The van der Waals surface area contributed by atoms with Gasteiger partial charge in [-0.25, -0.2) is 0 Å². The Bertz CT molecular complexity index is 772. The van der Waals surface area contributed by atoms with Crippen molar-refractivity contribution in [1.82, 2.24) is 0 Å². The maximum atomic E-state index is 13.5. The van der Waals surface area contributed by atoms with Gasteiger partial charge in [0.15, 0.2) is 6.29 Å². The zero-order valence-corrected chi connectivity index (χ0v) is 14.4. The Labute approximate surface area is 146 Å². The highest BCUT2D eigenvalue weighted by Crippen LogP contribution is 2.98. The van der Waals surface area contributed by atoms with Gasteiger partial charge in [0.1, 0.15) is 0 Å². The number of fused-ring (bicyclic) bond motifs is 1. The molecule has 7 saturated carbocycles. The van der Waals surface area contributed by atoms with Crippen molar-refractivity contribution >= 4 is 5.97 Å². The summed E-state index contributed by atoms with van der Waals surface area (Å²) >= 11 is 0. The van der Waals surface area contributed by atoms with Gasteiger partial charge in [0.2, 0.25) is 0 Å². The summed E-state index contributed by atoms with van der Waals surface area (Å²) in [6.07, 6.45) is 7.61. The molecule has 8 aliphatic carbocycles. The second-order valence-electron chi connectivity index (χ2n) is 10.3. The van der Waals surface area contributed by atoms with Gasteiger partial charge >= 0.3 is 5.97 Å². The van der Waals surface area contributed by atoms with Gasteiger partial charge in [-0.05, 0) is 78.4 Å². The van der Waals surface area contributed by atoms with E-state index in [1.807, 2.05) is 0 Å². The van der Waals surface area contributed by atoms with E-state index in [1.54, 1.807) is 7.11 Å². The Balaban J connectivity index is 1.48. The monoisotopic (exact) mass is 340 g/mol. The summed E-state index contributed by atoms with van der Waals surface area (Å²) in [6, 6.07) is 0. The number of ether oxygens (including phenoxy) is 2. The maximum absolute atomic E-state index is 13.5. The molecule has 0 amide bonds. The number of hydrogen-bond donors (Lipinski definition) is 1. The van der Waals surface area contributed by atoms with Crippen molar-refractivity contribution in [2.75, 3.05) is 7.11 Å². The highest BCUT2D eigenvalue weighted by molar-refractivity contribution is 5.84. The first-order valence-electron chi connectivity index (χ1n) is 10.3. The molecule has 8 bridgehead atoms. The number of carbonyl (C=O) groups is 1. The van der Waals surface area contributed by atoms with Crippen molar-refractivity contribution in [3.8, 4) is 0 Å². The van der Waals surface area contributed by atoms with Crippen LogP contribution in [0.3, 0.4) is 0 Å². The summed E-state index contributed by atoms with van der Waals surface area (Å²) in [7, 11) is 1.56. The van der Waals surface area contributed by atoms with Gasteiger partial charge in [-0.15, -0.1) is 0 Å². The van der Waals surface area contributed by atoms with E-state index < -0.39 is 11.7 Å². The largest absolute Gasteiger partial charge is 0.469 e. The minimum atomic E-state index is -0.758. The number of aliphatic hydroxyl groups is 1. The lowest BCUT2D eigenvalue weighted by atomic mass is 9.42. The van der Waals surface area contributed by atoms with Crippen LogP contribution in [0.2, 0.25) is 0 Å². The summed E-state index contributed by atoms with van der Waals surface area (Å²) in [4.78, 5) is 13.5. The second-order valence-corrected chi connectivity index (χ2v) is 10.3. The molecule has 0 aromatic heterocycles. The van der Waals surface area contributed by atoms with E-state index in [0.29, 0.717) is 59.2 Å². The minimum absolute atomic E-state index is 0.00907. The average Bonchev–Trinajstić information content (AvgIpc) is 3.36. The van der Waals surface area contributed by atoms with Crippen LogP contribution in [0.25, 0.3) is 0 Å². The van der Waals surface area contributed by atoms with Crippen LogP contribution < -0.4 is 0 Å². The van der Waals surface area contributed by atoms with Crippen LogP contribution in [-0.2, 0) is 14.3 Å². The van der Waals surface area contributed by atoms with Crippen LogP contribution in [0, 0.1) is 70.0 Å². The standard InChI is InChI=1S/C21H24O4/c1-24-18(22)20-14-7-3-2-4-8(7)15-12(14)13-16(20)9-5-6-10-11(9)17(13)21(15,20)19(23)25-10/h2-3,7-17,19,23H,4-6H2,1H3/t7-,8+,9-,10+,11-,12+,13+,14+,15+,16-,17+,19+,20-,21-/m1/s1. The molecule has 14 atom stereocenters. The topological polar surface area (TPSA) is 55.8 Å². The fourth-order valence-electron chi connectivity index (χ4n) is 11.6. The third kappa shape index (κ3) is 0.867. The molecule has 8 fully saturated rings. The van der Waals surface area contributed by atoms with Gasteiger partial charge in [0, 0.05) is 5.41 Å². The predicted octanol–water partition coefficient (Wildman–Crippen LogP) is 1.83. The molecular weight excluding hydrogens is 316 g/mol. The van der Waals surface area contributed by atoms with E-state index in [9.17, 15) is 9.90 Å². The lowest BCUT2D eigenvalue weighted by Gasteiger charge is -2.63. The third-order valence-corrected chi connectivity index (χ3v) is 10.9. The van der Waals surface area contributed by atoms with Gasteiger partial charge in [0.05, 0.1) is 18.6 Å². The fraction of sp³-hybridized carbons (Fsp3) is 0.857. The molecule has 4 heteroatoms. The van der Waals surface area contributed by atoms with Crippen molar-refractivity contribution in [3.05, 3.63) is 12.2 Å². The summed E-state index contributed by atoms with van der Waals surface area (Å²) in [6.45, 7) is 0. The zero-order valence-electron chi connectivity index (χ0n) is 14.4. The first-order valence-corrected chi connectivity index (χ1v) is 10.3. The normalized spacial score (nSPS) is 73.7. The van der Waals surface area contributed by atoms with Gasteiger partial charge in [-0.1, -0.05) is 12.2 Å². The molecule has 0 unspecified atom stereocenters. The molecule has 4 nitrogen and oxygen atoms in total. The van der Waals surface area contributed by atoms with Crippen molar-refractivity contribution in [1.29, 1.82) is 0 Å². The van der Waals surface area contributed by atoms with Crippen LogP contribution in [0.5, 0.6) is 0 Å². The number of methoxy groups -OCH3 is 1. The average molecular weight is 340 g/mol. The van der Waals surface area contributed by atoms with Crippen LogP contribution in [0.1, 0.15) is 19.3 Å². The molecule has 0 radical (unpaired) electrons. The number of aliphatic hydroxyl groups excluding tert-OH is 1. The van der Waals surface area contributed by atoms with Gasteiger partial charge in [-0.3, -0.25) is 4.79 Å². The lowest BCUT2D eigenvalue weighted by Crippen LogP contribution is -2.69. The van der Waals surface area contributed by atoms with Crippen LogP contribution in [-0.4, -0.2) is 30.6 Å². The smallest absolute Gasteiger partial charge is 0.313 e. The molecule has 1 aliphatic heterocycles. The number of allylic oxidation sites excluding steroid dienone is 2. The van der Waals surface area contributed by atoms with Gasteiger partial charge in [0.25, 0.3) is 0 Å². The number of rotatable bonds is 1. The van der Waals surface area contributed by atoms with Crippen LogP contribution in [0.4, 0.5) is 0 Å². The molecule has 25 heavy (non-hydrogen) atoms. The highest BCUT2D eigenvalue weighted by atomic mass is 16.6. The second kappa shape index (κ2) is 3.47. The minimum Gasteiger partial charge on any atom is -0.469 e. The molecule has 132 valence electrons. The Hall–Kier alpha value is -0.870. The van der Waals surface area contributed by atoms with E-state index in [4.69, 9.17) is 9.47 Å². The van der Waals surface area contributed by atoms with E-state index in [-0.39, 0.29) is 17.5 Å². The van der Waals surface area contributed by atoms with Crippen molar-refractivity contribution in [3.63, 3.8) is 0 Å². The Morgan fingerprint density at radius 3 is 2.80 bits per heavy atom. The summed E-state index contributed by atoms with van der Waals surface area (Å²) in [5.74, 6) is 5.55. The van der Waals surface area contributed by atoms with E-state index in [1.165, 1.54) is 6.42 Å². The van der Waals surface area contributed by atoms with Crippen molar-refractivity contribution in [2.45, 2.75) is 31.7 Å². The first-order chi connectivity index (χ1) is 12.2. The van der Waals surface area contributed by atoms with Gasteiger partial charge in [-0.2, -0.15) is 0 Å². The number of hydrogen-bond acceptors (Lipinski definition) is 4. The number of carbonyl (C=O) groups excluding carboxylic acids is 1. The first kappa shape index (κ1) is 13.3. The molecule has 0 aromatic rings. The SMILES string of the molecule is COC(=O)[C@@]12[C@@H]3[C@@H]4CC[C@@H]5O[C@H](O)[C@@]16[C@H]([C@H]3[C@H]1[C@@H]2[C@@H]2C=CC[C@@H]2[C@@H]16)[C@H]45. The predicted molar refractivity (Wildman–Crippen MR) is 85.7 cm³/mol. The Morgan fingerprint density at radius 2 is 1.96 bits per heavy atom. The van der Waals surface area contributed by atoms with Crippen molar-refractivity contribution in [2.24, 2.45) is 70.0 Å². The maximum Gasteiger partial charge on any atom is 0.313 e. The molecule has 9 rings (SSSR count). The molecule has 9 aliphatic rings. The molecule has 1 saturated heterocycles. The van der Waals surface area contributed by atoms with Crippen LogP contribution >= 0.6 is 0 Å². The Kier molecular flexibility index (Phi) is 1.85.